The van der Waals surface area contributed by atoms with Crippen molar-refractivity contribution in [3.05, 3.63) is 48.2 Å². The molecule has 2 N–H and O–H groups in total. The Kier molecular flexibility index (Phi) is 4.44. The first-order chi connectivity index (χ1) is 12.2. The van der Waals surface area contributed by atoms with Gasteiger partial charge in [-0.25, -0.2) is 15.0 Å². The zero-order valence-corrected chi connectivity index (χ0v) is 13.7. The predicted octanol–water partition coefficient (Wildman–Crippen LogP) is 2.68. The zero-order valence-electron chi connectivity index (χ0n) is 13.7. The van der Waals surface area contributed by atoms with Crippen molar-refractivity contribution in [3.8, 4) is 40.3 Å². The molecule has 0 spiro atoms. The Morgan fingerprint density at radius 3 is 2.44 bits per heavy atom. The fourth-order valence-corrected chi connectivity index (χ4v) is 2.36. The molecule has 0 radical (unpaired) electrons. The lowest BCUT2D eigenvalue weighted by atomic mass is 10.0. The molecule has 3 heterocycles. The molecule has 0 amide bonds. The Morgan fingerprint density at radius 1 is 1.00 bits per heavy atom. The van der Waals surface area contributed by atoms with Crippen LogP contribution in [0, 0.1) is 11.3 Å². The Bertz CT molecular complexity index is 949. The summed E-state index contributed by atoms with van der Waals surface area (Å²) in [6.07, 6.45) is 1.63. The van der Waals surface area contributed by atoms with Crippen molar-refractivity contribution in [1.82, 2.24) is 15.0 Å². The molecule has 7 heteroatoms. The molecule has 0 saturated carbocycles. The molecule has 0 aromatic carbocycles. The summed E-state index contributed by atoms with van der Waals surface area (Å²) in [7, 11) is 3.08. The third kappa shape index (κ3) is 3.19. The third-order valence-corrected chi connectivity index (χ3v) is 3.61. The molecule has 124 valence electrons. The van der Waals surface area contributed by atoms with Crippen LogP contribution in [0.25, 0.3) is 22.5 Å². The largest absolute Gasteiger partial charge is 0.481 e. The third-order valence-electron chi connectivity index (χ3n) is 3.61. The van der Waals surface area contributed by atoms with Gasteiger partial charge < -0.3 is 15.2 Å². The van der Waals surface area contributed by atoms with E-state index in [0.717, 1.165) is 5.56 Å². The normalized spacial score (nSPS) is 10.1. The van der Waals surface area contributed by atoms with Crippen molar-refractivity contribution < 1.29 is 9.47 Å². The lowest BCUT2D eigenvalue weighted by molar-refractivity contribution is 0.398. The van der Waals surface area contributed by atoms with Crippen molar-refractivity contribution in [3.63, 3.8) is 0 Å². The van der Waals surface area contributed by atoms with E-state index in [4.69, 9.17) is 15.2 Å². The number of anilines is 1. The van der Waals surface area contributed by atoms with Gasteiger partial charge in [0, 0.05) is 29.5 Å². The zero-order chi connectivity index (χ0) is 17.8. The summed E-state index contributed by atoms with van der Waals surface area (Å²) in [5.74, 6) is 1.08. The number of hydrogen-bond donors (Lipinski definition) is 1. The van der Waals surface area contributed by atoms with Gasteiger partial charge in [0.1, 0.15) is 17.5 Å². The van der Waals surface area contributed by atoms with Gasteiger partial charge in [0.15, 0.2) is 0 Å². The second kappa shape index (κ2) is 6.84. The highest BCUT2D eigenvalue weighted by Crippen LogP contribution is 2.31. The smallest absolute Gasteiger partial charge is 0.213 e. The Balaban J connectivity index is 2.16. The quantitative estimate of drug-likeness (QED) is 0.782. The molecule has 0 aliphatic heterocycles. The first-order valence-electron chi connectivity index (χ1n) is 7.38. The highest BCUT2D eigenvalue weighted by molar-refractivity contribution is 5.78. The van der Waals surface area contributed by atoms with Crippen LogP contribution in [0.3, 0.4) is 0 Å². The number of pyridine rings is 3. The van der Waals surface area contributed by atoms with E-state index in [1.807, 2.05) is 6.07 Å². The van der Waals surface area contributed by atoms with Crippen LogP contribution in [0.5, 0.6) is 11.8 Å². The van der Waals surface area contributed by atoms with Gasteiger partial charge in [-0.1, -0.05) is 6.07 Å². The summed E-state index contributed by atoms with van der Waals surface area (Å²) in [6.45, 7) is 0. The SMILES string of the molecule is COc1ccc(-c2cc(-c3cccc(OC)n3)c(C#N)c(N)n2)cn1. The summed E-state index contributed by atoms with van der Waals surface area (Å²) >= 11 is 0. The maximum atomic E-state index is 9.46. The van der Waals surface area contributed by atoms with Crippen LogP contribution in [-0.4, -0.2) is 29.2 Å². The molecule has 0 aliphatic carbocycles. The van der Waals surface area contributed by atoms with E-state index < -0.39 is 0 Å². The molecule has 0 bridgehead atoms. The van der Waals surface area contributed by atoms with Crippen LogP contribution < -0.4 is 15.2 Å². The number of nitrogen functional groups attached to an aromatic ring is 1. The molecule has 3 aromatic heterocycles. The fraction of sp³-hybridized carbons (Fsp3) is 0.111. The lowest BCUT2D eigenvalue weighted by Gasteiger charge is -2.10. The molecule has 7 nitrogen and oxygen atoms in total. The van der Waals surface area contributed by atoms with E-state index in [9.17, 15) is 5.26 Å². The number of rotatable bonds is 4. The van der Waals surface area contributed by atoms with Gasteiger partial charge in [0.2, 0.25) is 11.8 Å². The molecule has 0 fully saturated rings. The number of aromatic nitrogens is 3. The van der Waals surface area contributed by atoms with Gasteiger partial charge in [-0.2, -0.15) is 5.26 Å². The van der Waals surface area contributed by atoms with Crippen molar-refractivity contribution in [2.75, 3.05) is 20.0 Å². The van der Waals surface area contributed by atoms with E-state index in [0.29, 0.717) is 28.7 Å². The van der Waals surface area contributed by atoms with Gasteiger partial charge in [-0.3, -0.25) is 0 Å². The highest BCUT2D eigenvalue weighted by Gasteiger charge is 2.15. The number of nitriles is 1. The Labute approximate surface area is 144 Å². The Morgan fingerprint density at radius 2 is 1.80 bits per heavy atom. The molecule has 25 heavy (non-hydrogen) atoms. The topological polar surface area (TPSA) is 107 Å². The van der Waals surface area contributed by atoms with Gasteiger partial charge in [0.25, 0.3) is 0 Å². The van der Waals surface area contributed by atoms with Crippen molar-refractivity contribution >= 4 is 5.82 Å². The molecule has 0 aliphatic rings. The number of nitrogens with zero attached hydrogens (tertiary/aromatic N) is 4. The van der Waals surface area contributed by atoms with E-state index >= 15 is 0 Å². The average Bonchev–Trinajstić information content (AvgIpc) is 2.67. The number of ether oxygens (including phenoxy) is 2. The average molecular weight is 333 g/mol. The molecular formula is C18H15N5O2. The van der Waals surface area contributed by atoms with Crippen LogP contribution in [0.1, 0.15) is 5.56 Å². The van der Waals surface area contributed by atoms with Crippen molar-refractivity contribution in [1.29, 1.82) is 5.26 Å². The van der Waals surface area contributed by atoms with Gasteiger partial charge in [-0.05, 0) is 18.2 Å². The van der Waals surface area contributed by atoms with Crippen LogP contribution >= 0.6 is 0 Å². The standard InChI is InChI=1S/C18H15N5O2/c1-24-16-7-6-11(10-21-16)15-8-12(13(9-19)18(20)23-15)14-4-3-5-17(22-14)25-2/h3-8,10H,1-2H3,(H2,20,23). The minimum Gasteiger partial charge on any atom is -0.481 e. The molecule has 3 aromatic rings. The van der Waals surface area contributed by atoms with Gasteiger partial charge >= 0.3 is 0 Å². The van der Waals surface area contributed by atoms with Gasteiger partial charge in [0.05, 0.1) is 25.6 Å². The summed E-state index contributed by atoms with van der Waals surface area (Å²) < 4.78 is 10.2. The fourth-order valence-electron chi connectivity index (χ4n) is 2.36. The monoisotopic (exact) mass is 333 g/mol. The van der Waals surface area contributed by atoms with E-state index in [1.54, 1.807) is 43.6 Å². The summed E-state index contributed by atoms with van der Waals surface area (Å²) in [6, 6.07) is 12.7. The van der Waals surface area contributed by atoms with Crippen molar-refractivity contribution in [2.45, 2.75) is 0 Å². The summed E-state index contributed by atoms with van der Waals surface area (Å²) in [5, 5.41) is 9.46. The minimum absolute atomic E-state index is 0.135. The maximum absolute atomic E-state index is 9.46. The maximum Gasteiger partial charge on any atom is 0.213 e. The minimum atomic E-state index is 0.135. The van der Waals surface area contributed by atoms with Crippen LogP contribution in [-0.2, 0) is 0 Å². The molecular weight excluding hydrogens is 318 g/mol. The van der Waals surface area contributed by atoms with Crippen molar-refractivity contribution in [2.24, 2.45) is 0 Å². The van der Waals surface area contributed by atoms with E-state index in [-0.39, 0.29) is 11.4 Å². The van der Waals surface area contributed by atoms with Crippen LogP contribution in [0.4, 0.5) is 5.82 Å². The van der Waals surface area contributed by atoms with E-state index in [2.05, 4.69) is 21.0 Å². The van der Waals surface area contributed by atoms with Gasteiger partial charge in [-0.15, -0.1) is 0 Å². The number of nitrogens with two attached hydrogens (primary N) is 1. The summed E-state index contributed by atoms with van der Waals surface area (Å²) in [5.41, 5.74) is 8.77. The summed E-state index contributed by atoms with van der Waals surface area (Å²) in [4.78, 5) is 12.9. The van der Waals surface area contributed by atoms with E-state index in [1.165, 1.54) is 7.11 Å². The highest BCUT2D eigenvalue weighted by atomic mass is 16.5. The second-order valence-electron chi connectivity index (χ2n) is 5.08. The molecule has 3 rings (SSSR count). The lowest BCUT2D eigenvalue weighted by Crippen LogP contribution is -2.01. The first kappa shape index (κ1) is 16.2. The molecule has 0 saturated heterocycles. The first-order valence-corrected chi connectivity index (χ1v) is 7.38. The predicted molar refractivity (Wildman–Crippen MR) is 92.9 cm³/mol. The van der Waals surface area contributed by atoms with Crippen LogP contribution in [0.2, 0.25) is 0 Å². The van der Waals surface area contributed by atoms with Crippen LogP contribution in [0.15, 0.2) is 42.6 Å². The Hall–Kier alpha value is -3.66. The second-order valence-corrected chi connectivity index (χ2v) is 5.08. The molecule has 0 unspecified atom stereocenters. The number of methoxy groups -OCH3 is 2. The number of hydrogen-bond acceptors (Lipinski definition) is 7. The molecule has 0 atom stereocenters.